The van der Waals surface area contributed by atoms with Crippen LogP contribution in [0.2, 0.25) is 5.02 Å². The molecule has 0 radical (unpaired) electrons. The summed E-state index contributed by atoms with van der Waals surface area (Å²) in [7, 11) is -4.19. The Morgan fingerprint density at radius 1 is 0.976 bits per heavy atom. The molecule has 0 bridgehead atoms. The molecule has 0 spiro atoms. The summed E-state index contributed by atoms with van der Waals surface area (Å²) in [5.74, 6) is -1.32. The van der Waals surface area contributed by atoms with Crippen molar-refractivity contribution in [1.29, 1.82) is 0 Å². The zero-order valence-corrected chi connectivity index (χ0v) is 24.8. The van der Waals surface area contributed by atoms with Gasteiger partial charge < -0.3 is 10.2 Å². The van der Waals surface area contributed by atoms with Gasteiger partial charge in [0.15, 0.2) is 0 Å². The number of halogens is 2. The largest absolute Gasteiger partial charge is 0.352 e. The molecule has 1 fully saturated rings. The van der Waals surface area contributed by atoms with E-state index in [9.17, 15) is 22.4 Å². The molecule has 0 aliphatic heterocycles. The second-order valence-corrected chi connectivity index (χ2v) is 12.6. The van der Waals surface area contributed by atoms with Crippen molar-refractivity contribution < 1.29 is 22.4 Å². The van der Waals surface area contributed by atoms with Gasteiger partial charge in [0.05, 0.1) is 10.6 Å². The number of carbonyl (C=O) groups excluding carboxylic acids is 2. The number of sulfonamides is 1. The van der Waals surface area contributed by atoms with E-state index in [1.807, 2.05) is 0 Å². The highest BCUT2D eigenvalue weighted by atomic mass is 35.5. The summed E-state index contributed by atoms with van der Waals surface area (Å²) in [4.78, 5) is 28.8. The lowest BCUT2D eigenvalue weighted by Crippen LogP contribution is -2.53. The lowest BCUT2D eigenvalue weighted by Gasteiger charge is -2.33. The Bertz CT molecular complexity index is 1460. The highest BCUT2D eigenvalue weighted by Crippen LogP contribution is 2.31. The van der Waals surface area contributed by atoms with E-state index in [0.717, 1.165) is 36.4 Å². The second kappa shape index (κ2) is 13.5. The number of hydrogen-bond donors (Lipinski definition) is 1. The van der Waals surface area contributed by atoms with Crippen molar-refractivity contribution in [3.63, 3.8) is 0 Å². The van der Waals surface area contributed by atoms with E-state index in [1.54, 1.807) is 62.4 Å². The van der Waals surface area contributed by atoms with Crippen molar-refractivity contribution in [2.75, 3.05) is 10.8 Å². The van der Waals surface area contributed by atoms with Gasteiger partial charge in [0, 0.05) is 17.6 Å². The third-order valence-electron chi connectivity index (χ3n) is 7.50. The summed E-state index contributed by atoms with van der Waals surface area (Å²) in [6.07, 6.45) is 4.94. The number of anilines is 1. The Balaban J connectivity index is 1.69. The zero-order chi connectivity index (χ0) is 29.6. The topological polar surface area (TPSA) is 86.8 Å². The number of benzene rings is 3. The van der Waals surface area contributed by atoms with E-state index < -0.39 is 34.3 Å². The Kier molecular flexibility index (Phi) is 10.0. The zero-order valence-electron chi connectivity index (χ0n) is 23.2. The molecule has 3 aromatic rings. The van der Waals surface area contributed by atoms with Crippen LogP contribution in [0.1, 0.15) is 50.2 Å². The standard InChI is InChI=1S/C31H35ClFN3O4S/c1-22-28(32)14-9-15-29(22)36(41(39,40)27-12-7-4-8-13-27)21-30(37)35(20-24-16-18-25(33)19-17-24)23(2)31(38)34-26-10-5-3-6-11-26/h4,7-9,12-19,23,26H,3,5-6,10-11,20-21H2,1-2H3,(H,34,38). The van der Waals surface area contributed by atoms with Crippen LogP contribution in [0.15, 0.2) is 77.7 Å². The van der Waals surface area contributed by atoms with Crippen LogP contribution < -0.4 is 9.62 Å². The Morgan fingerprint density at radius 3 is 2.29 bits per heavy atom. The van der Waals surface area contributed by atoms with Gasteiger partial charge >= 0.3 is 0 Å². The van der Waals surface area contributed by atoms with Crippen molar-refractivity contribution in [2.24, 2.45) is 0 Å². The van der Waals surface area contributed by atoms with Crippen LogP contribution in [-0.2, 0) is 26.2 Å². The minimum Gasteiger partial charge on any atom is -0.352 e. The van der Waals surface area contributed by atoms with Crippen molar-refractivity contribution >= 4 is 39.1 Å². The second-order valence-electron chi connectivity index (χ2n) is 10.4. The molecule has 1 saturated carbocycles. The van der Waals surface area contributed by atoms with Gasteiger partial charge in [-0.25, -0.2) is 12.8 Å². The molecule has 3 aromatic carbocycles. The van der Waals surface area contributed by atoms with E-state index in [4.69, 9.17) is 11.6 Å². The van der Waals surface area contributed by atoms with Crippen molar-refractivity contribution in [3.8, 4) is 0 Å². The van der Waals surface area contributed by atoms with Crippen molar-refractivity contribution in [3.05, 3.63) is 94.8 Å². The normalized spacial score (nSPS) is 14.7. The van der Waals surface area contributed by atoms with Crippen LogP contribution in [0, 0.1) is 12.7 Å². The maximum Gasteiger partial charge on any atom is 0.264 e. The third-order valence-corrected chi connectivity index (χ3v) is 9.69. The van der Waals surface area contributed by atoms with Gasteiger partial charge in [-0.2, -0.15) is 0 Å². The molecular formula is C31H35ClFN3O4S. The maximum absolute atomic E-state index is 14.0. The van der Waals surface area contributed by atoms with Gasteiger partial charge in [-0.1, -0.05) is 67.3 Å². The Labute approximate surface area is 246 Å². The van der Waals surface area contributed by atoms with E-state index in [2.05, 4.69) is 5.32 Å². The third kappa shape index (κ3) is 7.45. The predicted octanol–water partition coefficient (Wildman–Crippen LogP) is 5.85. The average Bonchev–Trinajstić information content (AvgIpc) is 2.97. The lowest BCUT2D eigenvalue weighted by molar-refractivity contribution is -0.139. The molecule has 1 N–H and O–H groups in total. The minimum atomic E-state index is -4.19. The molecule has 218 valence electrons. The summed E-state index contributed by atoms with van der Waals surface area (Å²) < 4.78 is 42.5. The van der Waals surface area contributed by atoms with Gasteiger partial charge in [-0.3, -0.25) is 13.9 Å². The fraction of sp³-hybridized carbons (Fsp3) is 0.355. The fourth-order valence-electron chi connectivity index (χ4n) is 5.04. The molecule has 1 atom stereocenters. The molecule has 1 unspecified atom stereocenters. The first-order valence-corrected chi connectivity index (χ1v) is 15.6. The molecule has 2 amide bonds. The van der Waals surface area contributed by atoms with E-state index in [-0.39, 0.29) is 29.1 Å². The van der Waals surface area contributed by atoms with E-state index in [1.165, 1.54) is 29.2 Å². The molecule has 1 aliphatic carbocycles. The molecule has 7 nitrogen and oxygen atoms in total. The smallest absolute Gasteiger partial charge is 0.264 e. The molecule has 0 aromatic heterocycles. The monoisotopic (exact) mass is 599 g/mol. The van der Waals surface area contributed by atoms with E-state index in [0.29, 0.717) is 16.1 Å². The Hall–Kier alpha value is -3.43. The highest BCUT2D eigenvalue weighted by molar-refractivity contribution is 7.92. The molecule has 41 heavy (non-hydrogen) atoms. The van der Waals surface area contributed by atoms with Crippen LogP contribution in [0.25, 0.3) is 0 Å². The number of nitrogens with zero attached hydrogens (tertiary/aromatic N) is 2. The first-order valence-electron chi connectivity index (χ1n) is 13.7. The lowest BCUT2D eigenvalue weighted by atomic mass is 9.95. The van der Waals surface area contributed by atoms with Gasteiger partial charge in [0.25, 0.3) is 10.0 Å². The van der Waals surface area contributed by atoms with Gasteiger partial charge in [-0.15, -0.1) is 0 Å². The number of amides is 2. The van der Waals surface area contributed by atoms with Crippen LogP contribution in [-0.4, -0.2) is 43.8 Å². The average molecular weight is 600 g/mol. The van der Waals surface area contributed by atoms with Crippen LogP contribution in [0.5, 0.6) is 0 Å². The first kappa shape index (κ1) is 30.5. The summed E-state index contributed by atoms with van der Waals surface area (Å²) in [5.41, 5.74) is 1.36. The molecule has 1 aliphatic rings. The number of carbonyl (C=O) groups is 2. The summed E-state index contributed by atoms with van der Waals surface area (Å²) in [6, 6.07) is 17.5. The van der Waals surface area contributed by atoms with Crippen LogP contribution >= 0.6 is 11.6 Å². The minimum absolute atomic E-state index is 0.00782. The van der Waals surface area contributed by atoms with Crippen molar-refractivity contribution in [1.82, 2.24) is 10.2 Å². The fourth-order valence-corrected chi connectivity index (χ4v) is 6.70. The van der Waals surface area contributed by atoms with Gasteiger partial charge in [0.2, 0.25) is 11.8 Å². The van der Waals surface area contributed by atoms with Gasteiger partial charge in [0.1, 0.15) is 18.4 Å². The molecular weight excluding hydrogens is 565 g/mol. The molecule has 10 heteroatoms. The predicted molar refractivity (Wildman–Crippen MR) is 159 cm³/mol. The molecule has 4 rings (SSSR count). The summed E-state index contributed by atoms with van der Waals surface area (Å²) in [5, 5.41) is 3.42. The van der Waals surface area contributed by atoms with E-state index >= 15 is 0 Å². The van der Waals surface area contributed by atoms with Crippen LogP contribution in [0.4, 0.5) is 10.1 Å². The Morgan fingerprint density at radius 2 is 1.63 bits per heavy atom. The first-order chi connectivity index (χ1) is 19.6. The number of rotatable bonds is 10. The quantitative estimate of drug-likeness (QED) is 0.317. The highest BCUT2D eigenvalue weighted by Gasteiger charge is 2.34. The maximum atomic E-state index is 14.0. The van der Waals surface area contributed by atoms with Gasteiger partial charge in [-0.05, 0) is 74.2 Å². The molecule has 0 saturated heterocycles. The SMILES string of the molecule is Cc1c(Cl)cccc1N(CC(=O)N(Cc1ccc(F)cc1)C(C)C(=O)NC1CCCCC1)S(=O)(=O)c1ccccc1. The van der Waals surface area contributed by atoms with Crippen LogP contribution in [0.3, 0.4) is 0 Å². The number of hydrogen-bond acceptors (Lipinski definition) is 4. The van der Waals surface area contributed by atoms with Crippen molar-refractivity contribution in [2.45, 2.75) is 69.5 Å². The molecule has 0 heterocycles. The number of nitrogens with one attached hydrogen (secondary N) is 1. The summed E-state index contributed by atoms with van der Waals surface area (Å²) >= 11 is 6.36. The summed E-state index contributed by atoms with van der Waals surface area (Å²) in [6.45, 7) is 2.74.